The Labute approximate surface area is 215 Å². The highest BCUT2D eigenvalue weighted by Crippen LogP contribution is 2.31. The summed E-state index contributed by atoms with van der Waals surface area (Å²) in [6, 6.07) is 10.1. The van der Waals surface area contributed by atoms with Gasteiger partial charge in [-0.2, -0.15) is 5.10 Å². The predicted octanol–water partition coefficient (Wildman–Crippen LogP) is 3.63. The number of morpholine rings is 1. The second-order valence-electron chi connectivity index (χ2n) is 9.44. The molecule has 0 bridgehead atoms. The van der Waals surface area contributed by atoms with Crippen molar-refractivity contribution in [1.29, 1.82) is 0 Å². The van der Waals surface area contributed by atoms with Crippen LogP contribution in [0.15, 0.2) is 72.1 Å². The molecule has 1 fully saturated rings. The fourth-order valence-corrected chi connectivity index (χ4v) is 5.00. The van der Waals surface area contributed by atoms with Crippen LogP contribution >= 0.6 is 0 Å². The van der Waals surface area contributed by atoms with Crippen molar-refractivity contribution in [3.05, 3.63) is 77.6 Å². The lowest BCUT2D eigenvalue weighted by Crippen LogP contribution is -2.36. The summed E-state index contributed by atoms with van der Waals surface area (Å²) in [5.41, 5.74) is 3.70. The molecular weight excluding hydrogens is 466 g/mol. The maximum atomic E-state index is 12.9. The summed E-state index contributed by atoms with van der Waals surface area (Å²) in [4.78, 5) is 25.1. The van der Waals surface area contributed by atoms with E-state index in [1.54, 1.807) is 6.20 Å². The van der Waals surface area contributed by atoms with Crippen LogP contribution in [0.4, 0.5) is 17.2 Å². The minimum absolute atomic E-state index is 0.176. The zero-order valence-electron chi connectivity index (χ0n) is 20.8. The Balaban J connectivity index is 1.24. The summed E-state index contributed by atoms with van der Waals surface area (Å²) in [5.74, 6) is 0.533. The average Bonchev–Trinajstić information content (AvgIpc) is 3.42. The van der Waals surface area contributed by atoms with E-state index < -0.39 is 0 Å². The molecule has 37 heavy (non-hydrogen) atoms. The van der Waals surface area contributed by atoms with Gasteiger partial charge < -0.3 is 19.9 Å². The van der Waals surface area contributed by atoms with Gasteiger partial charge >= 0.3 is 0 Å². The molecule has 2 aliphatic rings. The average molecular weight is 498 g/mol. The Kier molecular flexibility index (Phi) is 6.70. The van der Waals surface area contributed by atoms with Crippen LogP contribution in [0.1, 0.15) is 6.42 Å². The van der Waals surface area contributed by atoms with Crippen molar-refractivity contribution in [3.8, 4) is 11.1 Å². The van der Waals surface area contributed by atoms with E-state index >= 15 is 0 Å². The number of nitrogens with one attached hydrogen (secondary N) is 2. The van der Waals surface area contributed by atoms with Crippen LogP contribution in [-0.4, -0.2) is 70.6 Å². The number of benzene rings is 1. The summed E-state index contributed by atoms with van der Waals surface area (Å²) >= 11 is 0. The van der Waals surface area contributed by atoms with Gasteiger partial charge in [0, 0.05) is 79.2 Å². The fraction of sp³-hybridized carbons (Fsp3) is 0.321. The molecule has 0 radical (unpaired) electrons. The van der Waals surface area contributed by atoms with Crippen molar-refractivity contribution < 1.29 is 4.74 Å². The summed E-state index contributed by atoms with van der Waals surface area (Å²) in [6.45, 7) is 7.14. The third-order valence-corrected chi connectivity index (χ3v) is 7.05. The van der Waals surface area contributed by atoms with Crippen molar-refractivity contribution in [2.45, 2.75) is 13.0 Å². The van der Waals surface area contributed by atoms with E-state index in [0.29, 0.717) is 11.2 Å². The van der Waals surface area contributed by atoms with Gasteiger partial charge in [-0.1, -0.05) is 12.2 Å². The zero-order valence-corrected chi connectivity index (χ0v) is 20.8. The van der Waals surface area contributed by atoms with E-state index in [-0.39, 0.29) is 5.56 Å². The Morgan fingerprint density at radius 1 is 1.00 bits per heavy atom. The molecule has 0 spiro atoms. The van der Waals surface area contributed by atoms with E-state index in [1.165, 1.54) is 0 Å². The Bertz CT molecular complexity index is 1450. The highest BCUT2D eigenvalue weighted by molar-refractivity contribution is 6.01. The van der Waals surface area contributed by atoms with E-state index in [9.17, 15) is 4.79 Å². The van der Waals surface area contributed by atoms with Crippen LogP contribution < -0.4 is 15.8 Å². The van der Waals surface area contributed by atoms with E-state index in [2.05, 4.69) is 54.5 Å². The second-order valence-corrected chi connectivity index (χ2v) is 9.44. The molecule has 1 aromatic carbocycles. The molecule has 6 rings (SSSR count). The molecule has 0 amide bonds. The van der Waals surface area contributed by atoms with Crippen LogP contribution in [0, 0.1) is 0 Å². The molecule has 0 atom stereocenters. The van der Waals surface area contributed by atoms with E-state index in [1.807, 2.05) is 41.5 Å². The van der Waals surface area contributed by atoms with Gasteiger partial charge in [0.25, 0.3) is 5.56 Å². The van der Waals surface area contributed by atoms with Crippen molar-refractivity contribution in [2.24, 2.45) is 0 Å². The summed E-state index contributed by atoms with van der Waals surface area (Å²) in [6.07, 6.45) is 13.0. The molecule has 3 aromatic heterocycles. The number of pyridine rings is 2. The number of ether oxygens (including phenoxy) is 1. The van der Waals surface area contributed by atoms with Crippen LogP contribution in [0.3, 0.4) is 0 Å². The molecule has 0 aliphatic carbocycles. The number of fused-ring (bicyclic) bond motifs is 1. The SMILES string of the molecule is O=c1[nH]ccc2c(-c3cnn(CCN4CC=CCC4)c3)cnc(Nc3ccc(N4CCOCC4)cc3)c12. The zero-order chi connectivity index (χ0) is 25.0. The highest BCUT2D eigenvalue weighted by atomic mass is 16.5. The molecule has 1 saturated heterocycles. The molecule has 0 saturated carbocycles. The number of hydrogen-bond acceptors (Lipinski definition) is 7. The normalized spacial score (nSPS) is 16.4. The lowest BCUT2D eigenvalue weighted by molar-refractivity contribution is 0.122. The Hall–Kier alpha value is -3.95. The minimum atomic E-state index is -0.176. The first-order valence-electron chi connectivity index (χ1n) is 12.8. The van der Waals surface area contributed by atoms with Gasteiger partial charge in [-0.05, 0) is 36.8 Å². The standard InChI is InChI=1S/C28H31N7O2/c36-28-26-24(8-9-29-28)25(21-18-31-35(20-21)13-12-33-10-2-1-3-11-33)19-30-27(26)32-22-4-6-23(7-5-22)34-14-16-37-17-15-34/h1-2,4-9,18-20H,3,10-17H2,(H,29,36)(H,30,32). The topological polar surface area (TPSA) is 91.3 Å². The monoisotopic (exact) mass is 497 g/mol. The van der Waals surface area contributed by atoms with Crippen molar-refractivity contribution in [2.75, 3.05) is 56.2 Å². The summed E-state index contributed by atoms with van der Waals surface area (Å²) in [5, 5.41) is 9.30. The number of aromatic nitrogens is 4. The van der Waals surface area contributed by atoms with Crippen molar-refractivity contribution in [1.82, 2.24) is 24.6 Å². The number of nitrogens with zero attached hydrogens (tertiary/aromatic N) is 5. The van der Waals surface area contributed by atoms with Crippen LogP contribution in [-0.2, 0) is 11.3 Å². The molecule has 4 aromatic rings. The molecule has 0 unspecified atom stereocenters. The molecule has 2 N–H and O–H groups in total. The number of H-pyrrole nitrogens is 1. The van der Waals surface area contributed by atoms with Gasteiger partial charge in [-0.15, -0.1) is 0 Å². The van der Waals surface area contributed by atoms with Crippen LogP contribution in [0.5, 0.6) is 0 Å². The number of rotatable bonds is 7. The van der Waals surface area contributed by atoms with Crippen LogP contribution in [0.2, 0.25) is 0 Å². The number of aromatic amines is 1. The first kappa shape index (κ1) is 23.4. The van der Waals surface area contributed by atoms with Gasteiger partial charge in [0.2, 0.25) is 0 Å². The second kappa shape index (κ2) is 10.6. The van der Waals surface area contributed by atoms with Gasteiger partial charge in [0.05, 0.1) is 31.3 Å². The third-order valence-electron chi connectivity index (χ3n) is 7.05. The largest absolute Gasteiger partial charge is 0.378 e. The summed E-state index contributed by atoms with van der Waals surface area (Å²) in [7, 11) is 0. The maximum absolute atomic E-state index is 12.9. The van der Waals surface area contributed by atoms with Crippen molar-refractivity contribution >= 4 is 28.0 Å². The highest BCUT2D eigenvalue weighted by Gasteiger charge is 2.15. The number of anilines is 3. The van der Waals surface area contributed by atoms with Crippen LogP contribution in [0.25, 0.3) is 21.9 Å². The van der Waals surface area contributed by atoms with Gasteiger partial charge in [0.15, 0.2) is 0 Å². The van der Waals surface area contributed by atoms with Crippen molar-refractivity contribution in [3.63, 3.8) is 0 Å². The smallest absolute Gasteiger partial charge is 0.259 e. The van der Waals surface area contributed by atoms with E-state index in [4.69, 9.17) is 4.74 Å². The van der Waals surface area contributed by atoms with Gasteiger partial charge in [0.1, 0.15) is 5.82 Å². The van der Waals surface area contributed by atoms with Gasteiger partial charge in [-0.3, -0.25) is 14.4 Å². The lowest BCUT2D eigenvalue weighted by Gasteiger charge is -2.28. The molecule has 2 aliphatic heterocycles. The Morgan fingerprint density at radius 2 is 1.86 bits per heavy atom. The molecule has 9 nitrogen and oxygen atoms in total. The fourth-order valence-electron chi connectivity index (χ4n) is 5.00. The third kappa shape index (κ3) is 5.14. The molecule has 190 valence electrons. The quantitative estimate of drug-likeness (QED) is 0.377. The molecule has 5 heterocycles. The first-order valence-corrected chi connectivity index (χ1v) is 12.8. The minimum Gasteiger partial charge on any atom is -0.378 e. The molecular formula is C28H31N7O2. The summed E-state index contributed by atoms with van der Waals surface area (Å²) < 4.78 is 7.42. The Morgan fingerprint density at radius 3 is 2.68 bits per heavy atom. The molecule has 9 heteroatoms. The lowest BCUT2D eigenvalue weighted by atomic mass is 10.0. The van der Waals surface area contributed by atoms with E-state index in [0.717, 1.165) is 86.8 Å². The first-order chi connectivity index (χ1) is 18.2. The maximum Gasteiger partial charge on any atom is 0.259 e. The van der Waals surface area contributed by atoms with Gasteiger partial charge in [-0.25, -0.2) is 4.98 Å². The predicted molar refractivity (Wildman–Crippen MR) is 147 cm³/mol. The number of hydrogen-bond donors (Lipinski definition) is 2.